The molecule has 1 atom stereocenters. The van der Waals surface area contributed by atoms with Crippen LogP contribution in [-0.4, -0.2) is 37.1 Å². The van der Waals surface area contributed by atoms with E-state index in [-0.39, 0.29) is 6.61 Å². The number of hydrazine groups is 1. The summed E-state index contributed by atoms with van der Waals surface area (Å²) in [6.07, 6.45) is -0.0997. The zero-order valence-electron chi connectivity index (χ0n) is 16.6. The second-order valence-electron chi connectivity index (χ2n) is 6.20. The highest BCUT2D eigenvalue weighted by molar-refractivity contribution is 6.30. The predicted molar refractivity (Wildman–Crippen MR) is 110 cm³/mol. The molecule has 30 heavy (non-hydrogen) atoms. The SMILES string of the molecule is CCCOC(=O)c1ccc(OCC(=O)NNC(=O)C(C)Oc2ccc(Cl)cc2)cc1. The van der Waals surface area contributed by atoms with Crippen molar-refractivity contribution >= 4 is 29.4 Å². The third-order valence-corrected chi connectivity index (χ3v) is 3.97. The highest BCUT2D eigenvalue weighted by atomic mass is 35.5. The van der Waals surface area contributed by atoms with E-state index >= 15 is 0 Å². The van der Waals surface area contributed by atoms with E-state index in [0.29, 0.717) is 28.7 Å². The van der Waals surface area contributed by atoms with Crippen LogP contribution in [0.4, 0.5) is 0 Å². The molecule has 2 N–H and O–H groups in total. The number of halogens is 1. The van der Waals surface area contributed by atoms with Crippen LogP contribution in [0.3, 0.4) is 0 Å². The molecule has 160 valence electrons. The van der Waals surface area contributed by atoms with Crippen molar-refractivity contribution in [1.82, 2.24) is 10.9 Å². The van der Waals surface area contributed by atoms with Crippen LogP contribution < -0.4 is 20.3 Å². The molecule has 2 aromatic carbocycles. The molecule has 0 aliphatic rings. The molecule has 2 aromatic rings. The summed E-state index contributed by atoms with van der Waals surface area (Å²) >= 11 is 5.79. The minimum Gasteiger partial charge on any atom is -0.484 e. The normalized spacial score (nSPS) is 11.2. The number of rotatable bonds is 9. The standard InChI is InChI=1S/C21H23ClN2O6/c1-3-12-28-21(27)15-4-8-17(9-5-15)29-13-19(25)23-24-20(26)14(2)30-18-10-6-16(22)7-11-18/h4-11,14H,3,12-13H2,1-2H3,(H,23,25)(H,24,26). The molecule has 0 spiro atoms. The van der Waals surface area contributed by atoms with Gasteiger partial charge in [0.05, 0.1) is 12.2 Å². The van der Waals surface area contributed by atoms with E-state index in [1.165, 1.54) is 0 Å². The average Bonchev–Trinajstić information content (AvgIpc) is 2.76. The molecule has 0 heterocycles. The van der Waals surface area contributed by atoms with E-state index in [9.17, 15) is 14.4 Å². The van der Waals surface area contributed by atoms with Gasteiger partial charge in [0, 0.05) is 5.02 Å². The summed E-state index contributed by atoms with van der Waals surface area (Å²) in [5.41, 5.74) is 4.90. The molecule has 0 saturated heterocycles. The summed E-state index contributed by atoms with van der Waals surface area (Å²) in [6.45, 7) is 3.48. The van der Waals surface area contributed by atoms with E-state index in [1.807, 2.05) is 6.92 Å². The second kappa shape index (κ2) is 11.7. The van der Waals surface area contributed by atoms with Gasteiger partial charge in [0.1, 0.15) is 11.5 Å². The molecule has 9 heteroatoms. The van der Waals surface area contributed by atoms with Crippen molar-refractivity contribution in [3.05, 3.63) is 59.1 Å². The molecule has 0 aliphatic heterocycles. The molecule has 0 aromatic heterocycles. The molecule has 0 fully saturated rings. The number of ether oxygens (including phenoxy) is 3. The Labute approximate surface area is 179 Å². The van der Waals surface area contributed by atoms with Crippen LogP contribution in [0.15, 0.2) is 48.5 Å². The Morgan fingerprint density at radius 3 is 2.23 bits per heavy atom. The van der Waals surface area contributed by atoms with Crippen molar-refractivity contribution in [2.75, 3.05) is 13.2 Å². The van der Waals surface area contributed by atoms with Gasteiger partial charge in [-0.1, -0.05) is 18.5 Å². The van der Waals surface area contributed by atoms with Crippen LogP contribution in [0.2, 0.25) is 5.02 Å². The first-order valence-electron chi connectivity index (χ1n) is 9.30. The molecule has 2 rings (SSSR count). The Morgan fingerprint density at radius 1 is 0.967 bits per heavy atom. The Morgan fingerprint density at radius 2 is 1.60 bits per heavy atom. The monoisotopic (exact) mass is 434 g/mol. The van der Waals surface area contributed by atoms with E-state index in [0.717, 1.165) is 6.42 Å². The second-order valence-corrected chi connectivity index (χ2v) is 6.64. The number of hydrogen-bond acceptors (Lipinski definition) is 6. The summed E-state index contributed by atoms with van der Waals surface area (Å²) in [7, 11) is 0. The molecule has 1 unspecified atom stereocenters. The van der Waals surface area contributed by atoms with Gasteiger partial charge in [-0.3, -0.25) is 20.4 Å². The number of amides is 2. The highest BCUT2D eigenvalue weighted by Crippen LogP contribution is 2.16. The molecular weight excluding hydrogens is 412 g/mol. The van der Waals surface area contributed by atoms with Crippen molar-refractivity contribution in [2.45, 2.75) is 26.4 Å². The van der Waals surface area contributed by atoms with Crippen molar-refractivity contribution in [2.24, 2.45) is 0 Å². The zero-order valence-corrected chi connectivity index (χ0v) is 17.4. The van der Waals surface area contributed by atoms with E-state index in [1.54, 1.807) is 55.5 Å². The lowest BCUT2D eigenvalue weighted by Crippen LogP contribution is -2.48. The zero-order chi connectivity index (χ0) is 21.9. The number of benzene rings is 2. The molecule has 2 amide bonds. The minimum absolute atomic E-state index is 0.327. The summed E-state index contributed by atoms with van der Waals surface area (Å²) in [6, 6.07) is 12.7. The number of hydrogen-bond donors (Lipinski definition) is 2. The van der Waals surface area contributed by atoms with Gasteiger partial charge in [0.2, 0.25) is 0 Å². The summed E-state index contributed by atoms with van der Waals surface area (Å²) in [4.78, 5) is 35.6. The fourth-order valence-electron chi connectivity index (χ4n) is 2.15. The third-order valence-electron chi connectivity index (χ3n) is 3.72. The largest absolute Gasteiger partial charge is 0.484 e. The van der Waals surface area contributed by atoms with Crippen molar-refractivity contribution in [1.29, 1.82) is 0 Å². The molecule has 0 radical (unpaired) electrons. The van der Waals surface area contributed by atoms with Gasteiger partial charge < -0.3 is 14.2 Å². The third kappa shape index (κ3) is 7.63. The fourth-order valence-corrected chi connectivity index (χ4v) is 2.28. The van der Waals surface area contributed by atoms with Crippen LogP contribution in [-0.2, 0) is 14.3 Å². The lowest BCUT2D eigenvalue weighted by Gasteiger charge is -2.15. The molecular formula is C21H23ClN2O6. The number of esters is 1. The first kappa shape index (κ1) is 23.0. The first-order chi connectivity index (χ1) is 14.4. The Balaban J connectivity index is 1.71. The van der Waals surface area contributed by atoms with Gasteiger partial charge in [-0.2, -0.15) is 0 Å². The van der Waals surface area contributed by atoms with Gasteiger partial charge in [-0.15, -0.1) is 0 Å². The van der Waals surface area contributed by atoms with Gasteiger partial charge in [-0.25, -0.2) is 4.79 Å². The van der Waals surface area contributed by atoms with Crippen LogP contribution in [0.5, 0.6) is 11.5 Å². The lowest BCUT2D eigenvalue weighted by atomic mass is 10.2. The molecule has 0 aliphatic carbocycles. The van der Waals surface area contributed by atoms with Crippen LogP contribution in [0.1, 0.15) is 30.6 Å². The Hall–Kier alpha value is -3.26. The van der Waals surface area contributed by atoms with Crippen molar-refractivity contribution in [3.8, 4) is 11.5 Å². The average molecular weight is 435 g/mol. The summed E-state index contributed by atoms with van der Waals surface area (Å²) in [5.74, 6) is -0.651. The van der Waals surface area contributed by atoms with E-state index in [2.05, 4.69) is 10.9 Å². The number of carbonyl (C=O) groups excluding carboxylic acids is 3. The maximum atomic E-state index is 12.0. The predicted octanol–water partition coefficient (Wildman–Crippen LogP) is 2.90. The Kier molecular flexibility index (Phi) is 8.96. The van der Waals surface area contributed by atoms with E-state index in [4.69, 9.17) is 25.8 Å². The molecule has 8 nitrogen and oxygen atoms in total. The topological polar surface area (TPSA) is 103 Å². The van der Waals surface area contributed by atoms with Crippen LogP contribution in [0, 0.1) is 0 Å². The number of nitrogens with one attached hydrogen (secondary N) is 2. The van der Waals surface area contributed by atoms with Gasteiger partial charge in [-0.05, 0) is 61.9 Å². The van der Waals surface area contributed by atoms with Gasteiger partial charge in [0.25, 0.3) is 11.8 Å². The van der Waals surface area contributed by atoms with Gasteiger partial charge >= 0.3 is 5.97 Å². The first-order valence-corrected chi connectivity index (χ1v) is 9.67. The molecule has 0 saturated carbocycles. The Bertz CT molecular complexity index is 855. The van der Waals surface area contributed by atoms with Crippen LogP contribution in [0.25, 0.3) is 0 Å². The van der Waals surface area contributed by atoms with Crippen molar-refractivity contribution < 1.29 is 28.6 Å². The maximum Gasteiger partial charge on any atom is 0.338 e. The number of carbonyl (C=O) groups is 3. The van der Waals surface area contributed by atoms with E-state index < -0.39 is 23.9 Å². The summed E-state index contributed by atoms with van der Waals surface area (Å²) < 4.78 is 15.8. The highest BCUT2D eigenvalue weighted by Gasteiger charge is 2.15. The lowest BCUT2D eigenvalue weighted by molar-refractivity contribution is -0.133. The summed E-state index contributed by atoms with van der Waals surface area (Å²) in [5, 5.41) is 0.554. The maximum absolute atomic E-state index is 12.0. The van der Waals surface area contributed by atoms with Crippen LogP contribution >= 0.6 is 11.6 Å². The van der Waals surface area contributed by atoms with Gasteiger partial charge in [0.15, 0.2) is 12.7 Å². The minimum atomic E-state index is -0.840. The van der Waals surface area contributed by atoms with Crippen molar-refractivity contribution in [3.63, 3.8) is 0 Å². The quantitative estimate of drug-likeness (QED) is 0.464. The fraction of sp³-hybridized carbons (Fsp3) is 0.286. The molecule has 0 bridgehead atoms. The smallest absolute Gasteiger partial charge is 0.338 e.